The van der Waals surface area contributed by atoms with Gasteiger partial charge < -0.3 is 14.1 Å². The first kappa shape index (κ1) is 10.8. The minimum absolute atomic E-state index is 0.0737. The molecule has 6 heteroatoms. The second-order valence-electron chi connectivity index (χ2n) is 2.94. The number of alkyl halides is 2. The van der Waals surface area contributed by atoms with Crippen molar-refractivity contribution >= 4 is 12.2 Å². The van der Waals surface area contributed by atoms with E-state index in [9.17, 15) is 8.78 Å². The molecule has 1 heterocycles. The Balaban J connectivity index is 2.44. The summed E-state index contributed by atoms with van der Waals surface area (Å²) in [6.45, 7) is -2.86. The van der Waals surface area contributed by atoms with E-state index in [1.165, 1.54) is 12.3 Å². The highest BCUT2D eigenvalue weighted by atomic mass is 32.1. The van der Waals surface area contributed by atoms with E-state index >= 15 is 0 Å². The van der Waals surface area contributed by atoms with Gasteiger partial charge in [-0.05, 0) is 24.4 Å². The van der Waals surface area contributed by atoms with Crippen molar-refractivity contribution in [2.45, 2.75) is 6.61 Å². The monoisotopic (exact) mass is 243 g/mol. The van der Waals surface area contributed by atoms with Crippen LogP contribution in [-0.2, 0) is 0 Å². The molecule has 0 amide bonds. The third-order valence-electron chi connectivity index (χ3n) is 1.91. The third-order valence-corrected chi connectivity index (χ3v) is 2.11. The minimum atomic E-state index is -2.86. The van der Waals surface area contributed by atoms with Gasteiger partial charge in [0.2, 0.25) is 0 Å². The number of halogens is 2. The van der Waals surface area contributed by atoms with Crippen LogP contribution in [0, 0.1) is 4.84 Å². The zero-order valence-electron chi connectivity index (χ0n) is 7.94. The molecule has 1 N–H and O–H groups in total. The summed E-state index contributed by atoms with van der Waals surface area (Å²) < 4.78 is 33.6. The van der Waals surface area contributed by atoms with Crippen LogP contribution >= 0.6 is 12.2 Å². The molecule has 0 atom stereocenters. The van der Waals surface area contributed by atoms with Crippen molar-refractivity contribution in [3.8, 4) is 17.0 Å². The van der Waals surface area contributed by atoms with Gasteiger partial charge in [0.1, 0.15) is 12.0 Å². The van der Waals surface area contributed by atoms with E-state index in [1.54, 1.807) is 18.2 Å². The first-order valence-corrected chi connectivity index (χ1v) is 4.79. The quantitative estimate of drug-likeness (QED) is 0.837. The number of nitrogens with one attached hydrogen (secondary N) is 1. The second-order valence-corrected chi connectivity index (χ2v) is 3.31. The van der Waals surface area contributed by atoms with Gasteiger partial charge in [-0.15, -0.1) is 0 Å². The van der Waals surface area contributed by atoms with Crippen molar-refractivity contribution in [3.05, 3.63) is 35.4 Å². The molecule has 0 saturated carbocycles. The van der Waals surface area contributed by atoms with Gasteiger partial charge in [-0.25, -0.2) is 0 Å². The molecule has 1 aromatic heterocycles. The Hall–Kier alpha value is -1.69. The number of oxazole rings is 1. The average Bonchev–Trinajstić information content (AvgIpc) is 2.65. The van der Waals surface area contributed by atoms with E-state index in [-0.39, 0.29) is 10.6 Å². The van der Waals surface area contributed by atoms with Gasteiger partial charge in [0.05, 0.1) is 5.69 Å². The SMILES string of the molecule is FC(F)Oc1ccccc1-c1coc(=S)[nH]1. The molecule has 0 unspecified atom stereocenters. The summed E-state index contributed by atoms with van der Waals surface area (Å²) in [7, 11) is 0. The maximum atomic E-state index is 12.1. The van der Waals surface area contributed by atoms with Gasteiger partial charge in [-0.2, -0.15) is 8.78 Å². The van der Waals surface area contributed by atoms with Crippen molar-refractivity contribution in [2.75, 3.05) is 0 Å². The van der Waals surface area contributed by atoms with Crippen molar-refractivity contribution in [2.24, 2.45) is 0 Å². The Morgan fingerprint density at radius 3 is 2.69 bits per heavy atom. The lowest BCUT2D eigenvalue weighted by atomic mass is 10.1. The molecule has 0 aliphatic rings. The number of para-hydroxylation sites is 1. The summed E-state index contributed by atoms with van der Waals surface area (Å²) in [5.74, 6) is 0.0737. The highest BCUT2D eigenvalue weighted by Gasteiger charge is 2.11. The molecule has 3 nitrogen and oxygen atoms in total. The van der Waals surface area contributed by atoms with Crippen LogP contribution in [0.15, 0.2) is 34.9 Å². The van der Waals surface area contributed by atoms with Crippen molar-refractivity contribution < 1.29 is 17.9 Å². The number of aromatic nitrogens is 1. The molecular formula is C10H7F2NO2S. The van der Waals surface area contributed by atoms with Gasteiger partial charge in [0.25, 0.3) is 4.84 Å². The summed E-state index contributed by atoms with van der Waals surface area (Å²) in [5, 5.41) is 0. The van der Waals surface area contributed by atoms with Gasteiger partial charge in [-0.1, -0.05) is 12.1 Å². The predicted octanol–water partition coefficient (Wildman–Crippen LogP) is 3.61. The van der Waals surface area contributed by atoms with E-state index in [0.29, 0.717) is 11.3 Å². The van der Waals surface area contributed by atoms with E-state index in [2.05, 4.69) is 9.72 Å². The van der Waals surface area contributed by atoms with Gasteiger partial charge in [0, 0.05) is 5.56 Å². The van der Waals surface area contributed by atoms with Crippen LogP contribution in [0.3, 0.4) is 0 Å². The largest absolute Gasteiger partial charge is 0.437 e. The molecular weight excluding hydrogens is 236 g/mol. The van der Waals surface area contributed by atoms with E-state index < -0.39 is 6.61 Å². The van der Waals surface area contributed by atoms with Crippen LogP contribution < -0.4 is 4.74 Å². The molecule has 0 aliphatic carbocycles. The second kappa shape index (κ2) is 4.44. The number of hydrogen-bond donors (Lipinski definition) is 1. The van der Waals surface area contributed by atoms with Gasteiger partial charge >= 0.3 is 6.61 Å². The summed E-state index contributed by atoms with van der Waals surface area (Å²) >= 11 is 4.75. The predicted molar refractivity (Wildman–Crippen MR) is 56.0 cm³/mol. The molecule has 84 valence electrons. The zero-order chi connectivity index (χ0) is 11.5. The average molecular weight is 243 g/mol. The first-order chi connectivity index (χ1) is 7.66. The lowest BCUT2D eigenvalue weighted by Gasteiger charge is -2.08. The first-order valence-electron chi connectivity index (χ1n) is 4.39. The fourth-order valence-electron chi connectivity index (χ4n) is 1.30. The maximum absolute atomic E-state index is 12.1. The van der Waals surface area contributed by atoms with E-state index in [0.717, 1.165) is 0 Å². The number of benzene rings is 1. The molecule has 0 spiro atoms. The van der Waals surface area contributed by atoms with Gasteiger partial charge in [0.15, 0.2) is 0 Å². The van der Waals surface area contributed by atoms with Crippen LogP contribution in [0.1, 0.15) is 0 Å². The zero-order valence-corrected chi connectivity index (χ0v) is 8.76. The summed E-state index contributed by atoms with van der Waals surface area (Å²) in [6.07, 6.45) is 1.36. The van der Waals surface area contributed by atoms with Crippen LogP contribution in [0.4, 0.5) is 8.78 Å². The van der Waals surface area contributed by atoms with E-state index in [1.807, 2.05) is 0 Å². The van der Waals surface area contributed by atoms with Crippen molar-refractivity contribution in [1.29, 1.82) is 0 Å². The number of rotatable bonds is 3. The Bertz CT molecular complexity index is 535. The Labute approximate surface area is 94.7 Å². The Morgan fingerprint density at radius 2 is 2.06 bits per heavy atom. The number of ether oxygens (including phenoxy) is 1. The van der Waals surface area contributed by atoms with E-state index in [4.69, 9.17) is 16.6 Å². The third kappa shape index (κ3) is 2.27. The normalized spacial score (nSPS) is 10.7. The van der Waals surface area contributed by atoms with Crippen LogP contribution in [0.2, 0.25) is 0 Å². The lowest BCUT2D eigenvalue weighted by Crippen LogP contribution is -2.02. The molecule has 0 radical (unpaired) electrons. The molecule has 0 bridgehead atoms. The fourth-order valence-corrected chi connectivity index (χ4v) is 1.46. The Morgan fingerprint density at radius 1 is 1.31 bits per heavy atom. The van der Waals surface area contributed by atoms with Crippen LogP contribution in [0.5, 0.6) is 5.75 Å². The molecule has 0 aliphatic heterocycles. The van der Waals surface area contributed by atoms with Crippen LogP contribution in [-0.4, -0.2) is 11.6 Å². The minimum Gasteiger partial charge on any atom is -0.437 e. The standard InChI is InChI=1S/C10H7F2NO2S/c11-9(12)15-8-4-2-1-3-6(8)7-5-14-10(16)13-7/h1-5,9H,(H,13,16). The molecule has 2 aromatic rings. The summed E-state index contributed by atoms with van der Waals surface area (Å²) in [6, 6.07) is 6.40. The fraction of sp³-hybridized carbons (Fsp3) is 0.100. The number of aromatic amines is 1. The van der Waals surface area contributed by atoms with Gasteiger partial charge in [-0.3, -0.25) is 0 Å². The van der Waals surface area contributed by atoms with Crippen molar-refractivity contribution in [1.82, 2.24) is 4.98 Å². The molecule has 16 heavy (non-hydrogen) atoms. The summed E-state index contributed by atoms with van der Waals surface area (Å²) in [4.78, 5) is 2.91. The Kier molecular flexibility index (Phi) is 3.00. The lowest BCUT2D eigenvalue weighted by molar-refractivity contribution is -0.0494. The molecule has 1 aromatic carbocycles. The summed E-state index contributed by atoms with van der Waals surface area (Å²) in [5.41, 5.74) is 0.976. The molecule has 0 saturated heterocycles. The number of hydrogen-bond acceptors (Lipinski definition) is 3. The number of H-pyrrole nitrogens is 1. The van der Waals surface area contributed by atoms with Crippen LogP contribution in [0.25, 0.3) is 11.3 Å². The highest BCUT2D eigenvalue weighted by molar-refractivity contribution is 7.71. The smallest absolute Gasteiger partial charge is 0.387 e. The maximum Gasteiger partial charge on any atom is 0.387 e. The topological polar surface area (TPSA) is 38.2 Å². The highest BCUT2D eigenvalue weighted by Crippen LogP contribution is 2.29. The van der Waals surface area contributed by atoms with Crippen molar-refractivity contribution in [3.63, 3.8) is 0 Å². The molecule has 0 fully saturated rings. The molecule has 2 rings (SSSR count).